The Morgan fingerprint density at radius 3 is 2.92 bits per heavy atom. The van der Waals surface area contributed by atoms with Gasteiger partial charge in [0.15, 0.2) is 0 Å². The Labute approximate surface area is 92.5 Å². The van der Waals surface area contributed by atoms with Crippen LogP contribution < -0.4 is 5.32 Å². The molecule has 76 valence electrons. The van der Waals surface area contributed by atoms with Crippen molar-refractivity contribution in [3.05, 3.63) is 0 Å². The molecule has 1 fully saturated rings. The zero-order valence-electron chi connectivity index (χ0n) is 7.92. The maximum Gasteiger partial charge on any atom is 0.217 e. The van der Waals surface area contributed by atoms with Gasteiger partial charge in [0.2, 0.25) is 5.91 Å². The maximum atomic E-state index is 10.9. The fourth-order valence-corrected chi connectivity index (χ4v) is 2.22. The van der Waals surface area contributed by atoms with Crippen molar-refractivity contribution in [1.82, 2.24) is 8.43 Å². The van der Waals surface area contributed by atoms with Crippen molar-refractivity contribution in [2.75, 3.05) is 20.3 Å². The van der Waals surface area contributed by atoms with E-state index in [0.717, 1.165) is 13.0 Å². The molecule has 1 aliphatic heterocycles. The van der Waals surface area contributed by atoms with Gasteiger partial charge >= 0.3 is 0 Å². The first-order chi connectivity index (χ1) is 6.11. The Bertz CT molecular complexity index is 187. The molecule has 4 nitrogen and oxygen atoms in total. The van der Waals surface area contributed by atoms with Crippen molar-refractivity contribution >= 4 is 28.8 Å². The predicted octanol–water partition coefficient (Wildman–Crippen LogP) is 0.562. The predicted molar refractivity (Wildman–Crippen MR) is 58.6 cm³/mol. The minimum atomic E-state index is 0.0127. The molecule has 1 heterocycles. The Kier molecular flexibility index (Phi) is 4.40. The lowest BCUT2D eigenvalue weighted by Crippen LogP contribution is -2.52. The van der Waals surface area contributed by atoms with Gasteiger partial charge in [-0.1, -0.05) is 0 Å². The normalized spacial score (nSPS) is 28.9. The van der Waals surface area contributed by atoms with E-state index in [1.165, 1.54) is 0 Å². The summed E-state index contributed by atoms with van der Waals surface area (Å²) >= 11 is 2.25. The van der Waals surface area contributed by atoms with Crippen LogP contribution in [0.15, 0.2) is 0 Å². The molecule has 1 aliphatic rings. The molecule has 0 spiro atoms. The van der Waals surface area contributed by atoms with E-state index in [4.69, 9.17) is 4.74 Å². The fraction of sp³-hybridized carbons (Fsp3) is 0.875. The van der Waals surface area contributed by atoms with Gasteiger partial charge in [0.25, 0.3) is 0 Å². The van der Waals surface area contributed by atoms with Gasteiger partial charge in [-0.25, -0.2) is 3.11 Å². The van der Waals surface area contributed by atoms with Crippen LogP contribution in [0.3, 0.4) is 0 Å². The van der Waals surface area contributed by atoms with E-state index >= 15 is 0 Å². The Hall–Kier alpha value is 0.120. The summed E-state index contributed by atoms with van der Waals surface area (Å²) in [5, 5.41) is 2.90. The third-order valence-electron chi connectivity index (χ3n) is 2.17. The van der Waals surface area contributed by atoms with E-state index in [2.05, 4.69) is 31.3 Å². The number of ether oxygens (including phenoxy) is 1. The van der Waals surface area contributed by atoms with E-state index in [-0.39, 0.29) is 11.9 Å². The Balaban J connectivity index is 2.51. The minimum Gasteiger partial charge on any atom is -0.379 e. The average molecular weight is 298 g/mol. The van der Waals surface area contributed by atoms with E-state index < -0.39 is 0 Å². The second-order valence-corrected chi connectivity index (χ2v) is 4.78. The van der Waals surface area contributed by atoms with Gasteiger partial charge < -0.3 is 10.1 Å². The molecule has 0 aromatic carbocycles. The highest BCUT2D eigenvalue weighted by Gasteiger charge is 2.28. The quantitative estimate of drug-likeness (QED) is 0.598. The number of hydrogen-bond acceptors (Lipinski definition) is 3. The van der Waals surface area contributed by atoms with Gasteiger partial charge in [-0.15, -0.1) is 0 Å². The first-order valence-electron chi connectivity index (χ1n) is 4.34. The van der Waals surface area contributed by atoms with Crippen molar-refractivity contribution in [3.8, 4) is 0 Å². The lowest BCUT2D eigenvalue weighted by molar-refractivity contribution is -0.121. The van der Waals surface area contributed by atoms with Gasteiger partial charge in [0, 0.05) is 42.4 Å². The molecule has 13 heavy (non-hydrogen) atoms. The number of halogens is 1. The van der Waals surface area contributed by atoms with E-state index in [0.29, 0.717) is 12.6 Å². The highest BCUT2D eigenvalue weighted by atomic mass is 127. The molecule has 0 radical (unpaired) electrons. The Morgan fingerprint density at radius 1 is 1.69 bits per heavy atom. The monoisotopic (exact) mass is 298 g/mol. The number of amides is 1. The zero-order valence-corrected chi connectivity index (χ0v) is 10.1. The van der Waals surface area contributed by atoms with Crippen LogP contribution in [0.2, 0.25) is 0 Å². The van der Waals surface area contributed by atoms with Crippen molar-refractivity contribution in [3.63, 3.8) is 0 Å². The van der Waals surface area contributed by atoms with Crippen LogP contribution in [0.5, 0.6) is 0 Å². The van der Waals surface area contributed by atoms with Crippen LogP contribution in [0.4, 0.5) is 0 Å². The number of nitrogens with one attached hydrogen (secondary N) is 1. The van der Waals surface area contributed by atoms with Gasteiger partial charge in [-0.3, -0.25) is 4.79 Å². The van der Waals surface area contributed by atoms with Crippen LogP contribution >= 0.6 is 22.9 Å². The average Bonchev–Trinajstić information content (AvgIpc) is 2.03. The molecule has 0 aromatic heterocycles. The van der Waals surface area contributed by atoms with Crippen LogP contribution in [-0.4, -0.2) is 41.4 Å². The van der Waals surface area contributed by atoms with Crippen LogP contribution in [0.25, 0.3) is 0 Å². The second-order valence-electron chi connectivity index (χ2n) is 3.26. The molecule has 0 aromatic rings. The van der Waals surface area contributed by atoms with Gasteiger partial charge in [0.05, 0.1) is 12.6 Å². The minimum absolute atomic E-state index is 0.0127. The third kappa shape index (κ3) is 3.40. The molecule has 0 aliphatic carbocycles. The summed E-state index contributed by atoms with van der Waals surface area (Å²) in [6, 6.07) is 0.520. The molecule has 2 atom stereocenters. The number of carbonyl (C=O) groups is 1. The molecule has 1 saturated heterocycles. The standard InChI is InChI=1S/C8H15IN2O2/c1-6(12)10-7-5-13-4-3-8(7)11(2)9/h7-8H,3-5H2,1-2H3,(H,10,12). The summed E-state index contributed by atoms with van der Waals surface area (Å²) in [5.74, 6) is 0.0127. The summed E-state index contributed by atoms with van der Waals surface area (Å²) in [5.41, 5.74) is 0. The van der Waals surface area contributed by atoms with Crippen molar-refractivity contribution in [1.29, 1.82) is 0 Å². The van der Waals surface area contributed by atoms with Gasteiger partial charge in [0.1, 0.15) is 0 Å². The molecule has 1 amide bonds. The molecule has 5 heteroatoms. The number of hydrogen-bond donors (Lipinski definition) is 1. The first kappa shape index (κ1) is 11.2. The molecule has 2 unspecified atom stereocenters. The highest BCUT2D eigenvalue weighted by molar-refractivity contribution is 14.1. The van der Waals surface area contributed by atoms with Crippen molar-refractivity contribution in [2.24, 2.45) is 0 Å². The van der Waals surface area contributed by atoms with E-state index in [9.17, 15) is 4.79 Å². The molecular formula is C8H15IN2O2. The molecule has 0 saturated carbocycles. The molecule has 1 N–H and O–H groups in total. The molecule has 1 rings (SSSR count). The van der Waals surface area contributed by atoms with E-state index in [1.807, 2.05) is 7.05 Å². The number of rotatable bonds is 2. The van der Waals surface area contributed by atoms with Gasteiger partial charge in [-0.2, -0.15) is 0 Å². The number of nitrogens with zero attached hydrogens (tertiary/aromatic N) is 1. The SMILES string of the molecule is CC(=O)NC1COCCC1N(C)I. The number of likely N-dealkylation sites (N-methyl/N-ethyl adjacent to an activating group) is 1. The molecule has 0 bridgehead atoms. The summed E-state index contributed by atoms with van der Waals surface area (Å²) in [7, 11) is 2.02. The van der Waals surface area contributed by atoms with Crippen molar-refractivity contribution in [2.45, 2.75) is 25.4 Å². The van der Waals surface area contributed by atoms with Crippen LogP contribution in [0, 0.1) is 0 Å². The zero-order chi connectivity index (χ0) is 9.84. The topological polar surface area (TPSA) is 41.6 Å². The second kappa shape index (κ2) is 5.11. The molecular weight excluding hydrogens is 283 g/mol. The summed E-state index contributed by atoms with van der Waals surface area (Å²) in [6.07, 6.45) is 0.977. The lowest BCUT2D eigenvalue weighted by atomic mass is 10.0. The lowest BCUT2D eigenvalue weighted by Gasteiger charge is -2.34. The fourth-order valence-electron chi connectivity index (χ4n) is 1.55. The summed E-state index contributed by atoms with van der Waals surface area (Å²) in [6.45, 7) is 2.95. The number of carbonyl (C=O) groups excluding carboxylic acids is 1. The van der Waals surface area contributed by atoms with Crippen LogP contribution in [0.1, 0.15) is 13.3 Å². The van der Waals surface area contributed by atoms with Crippen molar-refractivity contribution < 1.29 is 9.53 Å². The first-order valence-corrected chi connectivity index (χ1v) is 5.31. The third-order valence-corrected chi connectivity index (χ3v) is 2.88. The van der Waals surface area contributed by atoms with Gasteiger partial charge in [-0.05, 0) is 13.5 Å². The largest absolute Gasteiger partial charge is 0.379 e. The summed E-state index contributed by atoms with van der Waals surface area (Å²) in [4.78, 5) is 10.9. The van der Waals surface area contributed by atoms with Crippen LogP contribution in [-0.2, 0) is 9.53 Å². The summed E-state index contributed by atoms with van der Waals surface area (Å²) < 4.78 is 7.43. The Morgan fingerprint density at radius 2 is 2.38 bits per heavy atom. The van der Waals surface area contributed by atoms with E-state index in [1.54, 1.807) is 6.92 Å². The highest BCUT2D eigenvalue weighted by Crippen LogP contribution is 2.16. The smallest absolute Gasteiger partial charge is 0.217 e. The maximum absolute atomic E-state index is 10.9.